The fourth-order valence-electron chi connectivity index (χ4n) is 3.03. The van der Waals surface area contributed by atoms with Crippen molar-refractivity contribution in [2.45, 2.75) is 57.0 Å². The van der Waals surface area contributed by atoms with Crippen molar-refractivity contribution in [2.24, 2.45) is 0 Å². The molecule has 2 aliphatic heterocycles. The van der Waals surface area contributed by atoms with Gasteiger partial charge in [0.1, 0.15) is 0 Å². The Morgan fingerprint density at radius 3 is 2.36 bits per heavy atom. The minimum Gasteiger partial charge on any atom is -0.475 e. The molecule has 11 heteroatoms. The lowest BCUT2D eigenvalue weighted by atomic mass is 9.90. The lowest BCUT2D eigenvalue weighted by molar-refractivity contribution is -0.192. The van der Waals surface area contributed by atoms with Crippen LogP contribution in [0.2, 0.25) is 0 Å². The van der Waals surface area contributed by atoms with Crippen LogP contribution in [0.5, 0.6) is 0 Å². The van der Waals surface area contributed by atoms with E-state index in [1.54, 1.807) is 0 Å². The van der Waals surface area contributed by atoms with E-state index in [2.05, 4.69) is 23.5 Å². The number of carbonyl (C=O) groups is 1. The van der Waals surface area contributed by atoms with Gasteiger partial charge in [-0.15, -0.1) is 0 Å². The number of hydrogen-bond acceptors (Lipinski definition) is 5. The van der Waals surface area contributed by atoms with Gasteiger partial charge in [-0.3, -0.25) is 4.90 Å². The van der Waals surface area contributed by atoms with Gasteiger partial charge in [0.2, 0.25) is 10.0 Å². The lowest BCUT2D eigenvalue weighted by Gasteiger charge is -2.38. The fraction of sp³-hybridized carbons (Fsp3) is 0.929. The number of rotatable bonds is 3. The molecule has 2 saturated heterocycles. The van der Waals surface area contributed by atoms with Crippen molar-refractivity contribution in [3.63, 3.8) is 0 Å². The van der Waals surface area contributed by atoms with Gasteiger partial charge in [-0.05, 0) is 33.1 Å². The van der Waals surface area contributed by atoms with Crippen LogP contribution in [0, 0.1) is 0 Å². The van der Waals surface area contributed by atoms with E-state index in [0.717, 1.165) is 32.4 Å². The fourth-order valence-corrected chi connectivity index (χ4v) is 3.84. The minimum atomic E-state index is -5.08. The second kappa shape index (κ2) is 8.19. The highest BCUT2D eigenvalue weighted by molar-refractivity contribution is 7.88. The van der Waals surface area contributed by atoms with Crippen LogP contribution in [-0.4, -0.2) is 74.2 Å². The number of sulfonamides is 1. The number of nitrogens with zero attached hydrogens (tertiary/aromatic N) is 1. The summed E-state index contributed by atoms with van der Waals surface area (Å²) < 4.78 is 63.1. The first-order valence-electron chi connectivity index (χ1n) is 7.89. The van der Waals surface area contributed by atoms with E-state index < -0.39 is 22.2 Å². The SMILES string of the molecule is CC(C)N1CC[C@@]2(C[C@H](NS(C)(=O)=O)CCO2)C1.O=C(O)C(F)(F)F. The van der Waals surface area contributed by atoms with Crippen LogP contribution >= 0.6 is 0 Å². The number of carboxylic acid groups (broad SMARTS) is 1. The molecule has 0 bridgehead atoms. The summed E-state index contributed by atoms with van der Waals surface area (Å²) >= 11 is 0. The van der Waals surface area contributed by atoms with Crippen molar-refractivity contribution in [1.82, 2.24) is 9.62 Å². The van der Waals surface area contributed by atoms with Crippen LogP contribution in [0.25, 0.3) is 0 Å². The maximum Gasteiger partial charge on any atom is 0.490 e. The molecule has 25 heavy (non-hydrogen) atoms. The summed E-state index contributed by atoms with van der Waals surface area (Å²) in [4.78, 5) is 11.3. The predicted molar refractivity (Wildman–Crippen MR) is 84.7 cm³/mol. The van der Waals surface area contributed by atoms with E-state index in [-0.39, 0.29) is 11.6 Å². The van der Waals surface area contributed by atoms with Crippen molar-refractivity contribution < 1.29 is 36.2 Å². The maximum absolute atomic E-state index is 11.3. The molecule has 0 radical (unpaired) electrons. The Balaban J connectivity index is 0.000000381. The van der Waals surface area contributed by atoms with Gasteiger partial charge in [0, 0.05) is 31.8 Å². The number of hydrogen-bond donors (Lipinski definition) is 2. The van der Waals surface area contributed by atoms with Gasteiger partial charge in [-0.2, -0.15) is 13.2 Å². The Morgan fingerprint density at radius 2 is 1.96 bits per heavy atom. The molecule has 7 nitrogen and oxygen atoms in total. The van der Waals surface area contributed by atoms with Crippen molar-refractivity contribution in [3.8, 4) is 0 Å². The lowest BCUT2D eigenvalue weighted by Crippen LogP contribution is -2.50. The first-order valence-corrected chi connectivity index (χ1v) is 9.79. The average Bonchev–Trinajstić information content (AvgIpc) is 2.80. The number of ether oxygens (including phenoxy) is 1. The molecule has 0 amide bonds. The third-order valence-corrected chi connectivity index (χ3v) is 4.95. The predicted octanol–water partition coefficient (Wildman–Crippen LogP) is 1.20. The molecule has 0 saturated carbocycles. The molecule has 0 aromatic heterocycles. The van der Waals surface area contributed by atoms with Crippen molar-refractivity contribution in [2.75, 3.05) is 26.0 Å². The molecule has 2 aliphatic rings. The van der Waals surface area contributed by atoms with Gasteiger partial charge >= 0.3 is 12.1 Å². The van der Waals surface area contributed by atoms with Gasteiger partial charge in [0.05, 0.1) is 11.9 Å². The van der Waals surface area contributed by atoms with Gasteiger partial charge in [0.15, 0.2) is 0 Å². The van der Waals surface area contributed by atoms with E-state index in [9.17, 15) is 21.6 Å². The van der Waals surface area contributed by atoms with Gasteiger partial charge in [-0.25, -0.2) is 17.9 Å². The molecular weight excluding hydrogens is 365 g/mol. The monoisotopic (exact) mass is 390 g/mol. The maximum atomic E-state index is 11.3. The Bertz CT molecular complexity index is 567. The van der Waals surface area contributed by atoms with Gasteiger partial charge < -0.3 is 9.84 Å². The Morgan fingerprint density at radius 1 is 1.40 bits per heavy atom. The Kier molecular flexibility index (Phi) is 7.25. The summed E-state index contributed by atoms with van der Waals surface area (Å²) in [5, 5.41) is 7.12. The van der Waals surface area contributed by atoms with Crippen LogP contribution in [0.1, 0.15) is 33.1 Å². The number of likely N-dealkylation sites (tertiary alicyclic amines) is 1. The number of nitrogens with one attached hydrogen (secondary N) is 1. The largest absolute Gasteiger partial charge is 0.490 e. The average molecular weight is 390 g/mol. The second-order valence-corrected chi connectivity index (χ2v) is 8.51. The first-order chi connectivity index (χ1) is 11.2. The van der Waals surface area contributed by atoms with Crippen LogP contribution in [0.15, 0.2) is 0 Å². The standard InChI is InChI=1S/C12H24N2O3S.C2HF3O2/c1-10(2)14-6-5-12(9-14)8-11(4-7-17-12)13-18(3,15)16;3-2(4,5)1(6)7/h10-11,13H,4-9H2,1-3H3;(H,6,7)/t11-,12-;/m1./s1. The molecular formula is C14H25F3N2O5S. The highest BCUT2D eigenvalue weighted by Gasteiger charge is 2.44. The van der Waals surface area contributed by atoms with Gasteiger partial charge in [-0.1, -0.05) is 0 Å². The first kappa shape index (κ1) is 22.1. The molecule has 0 aromatic rings. The summed E-state index contributed by atoms with van der Waals surface area (Å²) in [5.41, 5.74) is -0.134. The Hall–Kier alpha value is -0.910. The van der Waals surface area contributed by atoms with Crippen LogP contribution < -0.4 is 4.72 Å². The zero-order valence-corrected chi connectivity index (χ0v) is 15.3. The number of carboxylic acids is 1. The summed E-state index contributed by atoms with van der Waals surface area (Å²) in [6, 6.07) is 0.553. The summed E-state index contributed by atoms with van der Waals surface area (Å²) in [5.74, 6) is -2.76. The third-order valence-electron chi connectivity index (χ3n) is 4.19. The minimum absolute atomic E-state index is 0.0286. The quantitative estimate of drug-likeness (QED) is 0.752. The van der Waals surface area contributed by atoms with E-state index in [1.165, 1.54) is 6.26 Å². The van der Waals surface area contributed by atoms with Crippen molar-refractivity contribution in [1.29, 1.82) is 0 Å². The van der Waals surface area contributed by atoms with E-state index in [4.69, 9.17) is 14.6 Å². The zero-order valence-electron chi connectivity index (χ0n) is 14.5. The number of aliphatic carboxylic acids is 1. The number of halogens is 3. The summed E-state index contributed by atoms with van der Waals surface area (Å²) in [6.45, 7) is 7.00. The second-order valence-electron chi connectivity index (χ2n) is 6.73. The highest BCUT2D eigenvalue weighted by Crippen LogP contribution is 2.35. The molecule has 1 spiro atoms. The molecule has 2 heterocycles. The molecule has 2 N–H and O–H groups in total. The van der Waals surface area contributed by atoms with E-state index >= 15 is 0 Å². The topological polar surface area (TPSA) is 95.9 Å². The van der Waals surface area contributed by atoms with Crippen LogP contribution in [-0.2, 0) is 19.6 Å². The number of alkyl halides is 3. The Labute approximate surface area is 145 Å². The molecule has 148 valence electrons. The molecule has 2 atom stereocenters. The molecule has 2 fully saturated rings. The van der Waals surface area contributed by atoms with Crippen LogP contribution in [0.4, 0.5) is 13.2 Å². The van der Waals surface area contributed by atoms with E-state index in [0.29, 0.717) is 12.6 Å². The molecule has 0 aromatic carbocycles. The smallest absolute Gasteiger partial charge is 0.475 e. The summed E-state index contributed by atoms with van der Waals surface area (Å²) in [6.07, 6.45) is -1.28. The molecule has 0 unspecified atom stereocenters. The van der Waals surface area contributed by atoms with Gasteiger partial charge in [0.25, 0.3) is 0 Å². The molecule has 0 aliphatic carbocycles. The highest BCUT2D eigenvalue weighted by atomic mass is 32.2. The normalized spacial score (nSPS) is 28.0. The van der Waals surface area contributed by atoms with Crippen LogP contribution in [0.3, 0.4) is 0 Å². The summed E-state index contributed by atoms with van der Waals surface area (Å²) in [7, 11) is -3.12. The van der Waals surface area contributed by atoms with Crippen molar-refractivity contribution in [3.05, 3.63) is 0 Å². The third kappa shape index (κ3) is 7.47. The zero-order chi connectivity index (χ0) is 19.5. The molecule has 2 rings (SSSR count). The van der Waals surface area contributed by atoms with E-state index in [1.807, 2.05) is 0 Å². The van der Waals surface area contributed by atoms with Crippen molar-refractivity contribution >= 4 is 16.0 Å².